The fraction of sp³-hybridized carbons (Fsp3) is 0.700. The minimum atomic E-state index is -3.46. The van der Waals surface area contributed by atoms with Gasteiger partial charge >= 0.3 is 0 Å². The molecular weight excluding hydrogens is 264 g/mol. The maximum atomic E-state index is 11.6. The minimum Gasteiger partial charge on any atom is -0.361 e. The fourth-order valence-corrected chi connectivity index (χ4v) is 2.50. The van der Waals surface area contributed by atoms with Gasteiger partial charge in [-0.1, -0.05) is 5.16 Å². The number of alkyl halides is 1. The number of halogens is 1. The number of hydrogen-bond acceptors (Lipinski definition) is 4. The second-order valence-electron chi connectivity index (χ2n) is 4.11. The number of rotatable bonds is 5. The van der Waals surface area contributed by atoms with Crippen LogP contribution in [0.5, 0.6) is 0 Å². The zero-order valence-electron chi connectivity index (χ0n) is 10.3. The summed E-state index contributed by atoms with van der Waals surface area (Å²) < 4.78 is 29.7. The maximum Gasteiger partial charge on any atom is 0.228 e. The van der Waals surface area contributed by atoms with Crippen LogP contribution < -0.4 is 4.72 Å². The van der Waals surface area contributed by atoms with Crippen LogP contribution in [-0.2, 0) is 16.4 Å². The van der Waals surface area contributed by atoms with Gasteiger partial charge in [-0.05, 0) is 34.1 Å². The van der Waals surface area contributed by atoms with E-state index < -0.39 is 14.7 Å². The molecule has 0 radical (unpaired) electrons. The highest BCUT2D eigenvalue weighted by Crippen LogP contribution is 2.15. The Labute approximate surface area is 107 Å². The molecule has 1 heterocycles. The third-order valence-corrected chi connectivity index (χ3v) is 4.77. The van der Waals surface area contributed by atoms with Gasteiger partial charge in [-0.15, -0.1) is 11.6 Å². The van der Waals surface area contributed by atoms with E-state index in [1.807, 2.05) is 6.92 Å². The van der Waals surface area contributed by atoms with E-state index in [1.54, 1.807) is 13.8 Å². The topological polar surface area (TPSA) is 72.2 Å². The normalized spacial score (nSPS) is 15.8. The summed E-state index contributed by atoms with van der Waals surface area (Å²) in [5.74, 6) is 0.715. The molecule has 7 heteroatoms. The first-order valence-corrected chi connectivity index (χ1v) is 7.29. The van der Waals surface area contributed by atoms with E-state index in [0.29, 0.717) is 12.2 Å². The minimum absolute atomic E-state index is 0.252. The molecule has 1 N–H and O–H groups in total. The van der Waals surface area contributed by atoms with Gasteiger partial charge in [0.25, 0.3) is 0 Å². The molecular formula is C10H17ClN2O3S. The molecule has 1 rings (SSSR count). The van der Waals surface area contributed by atoms with Gasteiger partial charge in [-0.3, -0.25) is 0 Å². The predicted molar refractivity (Wildman–Crippen MR) is 66.5 cm³/mol. The Morgan fingerprint density at radius 1 is 1.41 bits per heavy atom. The van der Waals surface area contributed by atoms with Crippen molar-refractivity contribution in [3.63, 3.8) is 0 Å². The molecule has 0 amide bonds. The molecule has 0 aromatic carbocycles. The molecule has 0 aliphatic rings. The quantitative estimate of drug-likeness (QED) is 0.834. The molecule has 17 heavy (non-hydrogen) atoms. The van der Waals surface area contributed by atoms with Gasteiger partial charge in [-0.2, -0.15) is 0 Å². The Balaban J connectivity index is 2.72. The zero-order chi connectivity index (χ0) is 13.2. The van der Waals surface area contributed by atoms with Gasteiger partial charge in [0.2, 0.25) is 10.0 Å². The van der Waals surface area contributed by atoms with E-state index in [0.717, 1.165) is 11.3 Å². The highest BCUT2D eigenvalue weighted by atomic mass is 35.5. The van der Waals surface area contributed by atoms with Crippen molar-refractivity contribution < 1.29 is 12.9 Å². The lowest BCUT2D eigenvalue weighted by molar-refractivity contribution is 0.392. The first-order chi connectivity index (χ1) is 7.74. The lowest BCUT2D eigenvalue weighted by Crippen LogP contribution is -2.37. The van der Waals surface area contributed by atoms with Gasteiger partial charge in [0.1, 0.15) is 10.5 Å². The van der Waals surface area contributed by atoms with E-state index >= 15 is 0 Å². The number of nitrogens with one attached hydrogen (secondary N) is 1. The third-order valence-electron chi connectivity index (χ3n) is 2.48. The van der Waals surface area contributed by atoms with Crippen molar-refractivity contribution in [1.82, 2.24) is 9.88 Å². The fourth-order valence-electron chi connectivity index (χ4n) is 1.52. The van der Waals surface area contributed by atoms with Crippen LogP contribution in [0.3, 0.4) is 0 Å². The van der Waals surface area contributed by atoms with Crippen molar-refractivity contribution in [1.29, 1.82) is 0 Å². The van der Waals surface area contributed by atoms with Crippen LogP contribution >= 0.6 is 11.6 Å². The first-order valence-electron chi connectivity index (χ1n) is 5.31. The van der Waals surface area contributed by atoms with E-state index in [9.17, 15) is 8.42 Å². The second-order valence-corrected chi connectivity index (χ2v) is 7.06. The highest BCUT2D eigenvalue weighted by Gasteiger charge is 2.22. The Morgan fingerprint density at radius 3 is 2.41 bits per heavy atom. The van der Waals surface area contributed by atoms with E-state index in [4.69, 9.17) is 16.1 Å². The van der Waals surface area contributed by atoms with Gasteiger partial charge in [0.15, 0.2) is 0 Å². The highest BCUT2D eigenvalue weighted by molar-refractivity contribution is 7.91. The molecule has 1 aromatic rings. The molecule has 98 valence electrons. The summed E-state index contributed by atoms with van der Waals surface area (Å²) in [7, 11) is -3.46. The van der Waals surface area contributed by atoms with Crippen molar-refractivity contribution in [2.75, 3.05) is 0 Å². The van der Waals surface area contributed by atoms with Crippen molar-refractivity contribution in [3.05, 3.63) is 17.0 Å². The second kappa shape index (κ2) is 5.37. The Hall–Kier alpha value is -0.590. The average Bonchev–Trinajstić information content (AvgIpc) is 2.48. The lowest BCUT2D eigenvalue weighted by Gasteiger charge is -2.15. The Kier molecular flexibility index (Phi) is 4.57. The monoisotopic (exact) mass is 280 g/mol. The van der Waals surface area contributed by atoms with Crippen LogP contribution in [0.1, 0.15) is 30.9 Å². The van der Waals surface area contributed by atoms with Crippen molar-refractivity contribution in [2.24, 2.45) is 0 Å². The summed E-state index contributed by atoms with van der Waals surface area (Å²) in [6.07, 6.45) is 0.532. The van der Waals surface area contributed by atoms with Crippen LogP contribution in [0.25, 0.3) is 0 Å². The third kappa shape index (κ3) is 3.69. The van der Waals surface area contributed by atoms with E-state index in [2.05, 4.69) is 9.88 Å². The molecule has 2 atom stereocenters. The van der Waals surface area contributed by atoms with Crippen LogP contribution in [0, 0.1) is 13.8 Å². The number of hydrogen-bond donors (Lipinski definition) is 1. The van der Waals surface area contributed by atoms with Crippen molar-refractivity contribution in [3.8, 4) is 0 Å². The zero-order valence-corrected chi connectivity index (χ0v) is 11.9. The van der Waals surface area contributed by atoms with Gasteiger partial charge in [0.05, 0.1) is 5.69 Å². The van der Waals surface area contributed by atoms with Crippen LogP contribution in [-0.4, -0.2) is 24.3 Å². The Morgan fingerprint density at radius 2 is 2.00 bits per heavy atom. The molecule has 0 spiro atoms. The maximum absolute atomic E-state index is 11.6. The van der Waals surface area contributed by atoms with Gasteiger partial charge in [-0.25, -0.2) is 13.1 Å². The summed E-state index contributed by atoms with van der Waals surface area (Å²) in [4.78, 5) is 0. The summed E-state index contributed by atoms with van der Waals surface area (Å²) in [5, 5.41) is 3.82. The molecule has 0 saturated carbocycles. The predicted octanol–water partition coefficient (Wildman–Crippen LogP) is 1.73. The number of aryl methyl sites for hydroxylation is 2. The lowest BCUT2D eigenvalue weighted by atomic mass is 10.1. The average molecular weight is 281 g/mol. The smallest absolute Gasteiger partial charge is 0.228 e. The molecule has 0 saturated heterocycles. The van der Waals surface area contributed by atoms with Crippen LogP contribution in [0.2, 0.25) is 0 Å². The van der Waals surface area contributed by atoms with Crippen LogP contribution in [0.15, 0.2) is 4.52 Å². The summed E-state index contributed by atoms with van der Waals surface area (Å²) in [6.45, 7) is 6.84. The van der Waals surface area contributed by atoms with Gasteiger partial charge in [0, 0.05) is 11.6 Å². The van der Waals surface area contributed by atoms with Crippen molar-refractivity contribution in [2.45, 2.75) is 44.9 Å². The Bertz CT molecular complexity index is 462. The largest absolute Gasteiger partial charge is 0.361 e. The van der Waals surface area contributed by atoms with Crippen molar-refractivity contribution >= 4 is 21.6 Å². The van der Waals surface area contributed by atoms with Crippen LogP contribution in [0.4, 0.5) is 0 Å². The number of nitrogens with zero attached hydrogens (tertiary/aromatic N) is 1. The summed E-state index contributed by atoms with van der Waals surface area (Å²) in [5.41, 5.74) is 1.72. The molecule has 1 aromatic heterocycles. The van der Waals surface area contributed by atoms with Gasteiger partial charge < -0.3 is 4.52 Å². The summed E-state index contributed by atoms with van der Waals surface area (Å²) in [6, 6.07) is -0.252. The molecule has 5 nitrogen and oxygen atoms in total. The standard InChI is InChI=1S/C10H17ClN2O3S/c1-6(13-17(14,15)9(4)11)5-10-7(2)12-16-8(10)3/h6,9,13H,5H2,1-4H3. The SMILES string of the molecule is Cc1noc(C)c1CC(C)NS(=O)(=O)C(C)Cl. The number of aromatic nitrogens is 1. The molecule has 0 bridgehead atoms. The van der Waals surface area contributed by atoms with E-state index in [1.165, 1.54) is 6.92 Å². The summed E-state index contributed by atoms with van der Waals surface area (Å²) >= 11 is 5.58. The van der Waals surface area contributed by atoms with E-state index in [-0.39, 0.29) is 6.04 Å². The number of sulfonamides is 1. The molecule has 0 aliphatic heterocycles. The molecule has 2 unspecified atom stereocenters. The molecule has 0 fully saturated rings. The molecule has 0 aliphatic carbocycles. The first kappa shape index (κ1) is 14.5.